The van der Waals surface area contributed by atoms with Gasteiger partial charge in [-0.1, -0.05) is 13.8 Å². The molecule has 3 fully saturated rings. The number of rotatable bonds is 1. The fourth-order valence-corrected chi connectivity index (χ4v) is 4.47. The first-order valence-electron chi connectivity index (χ1n) is 8.32. The maximum absolute atomic E-state index is 13.0. The molecule has 0 radical (unpaired) electrons. The number of fused-ring (bicyclic) bond motifs is 1. The van der Waals surface area contributed by atoms with Crippen molar-refractivity contribution >= 4 is 11.8 Å². The highest BCUT2D eigenvalue weighted by molar-refractivity contribution is 5.85. The standard InChI is InChI=1S/C16H27N3O2/c1-9-6-10(2)13(17)7-12(9)16(21)19-5-3-4-11-14(19)8-18-15(11)20/h9-14H,3-8,17H2,1-2H3,(H,18,20). The summed E-state index contributed by atoms with van der Waals surface area (Å²) in [6.07, 6.45) is 3.66. The third-order valence-corrected chi connectivity index (χ3v) is 5.89. The van der Waals surface area contributed by atoms with E-state index < -0.39 is 0 Å². The molecular formula is C16H27N3O2. The Kier molecular flexibility index (Phi) is 3.95. The lowest BCUT2D eigenvalue weighted by atomic mass is 9.72. The average molecular weight is 293 g/mol. The van der Waals surface area contributed by atoms with Crippen LogP contribution in [-0.4, -0.2) is 41.9 Å². The van der Waals surface area contributed by atoms with Crippen molar-refractivity contribution in [1.82, 2.24) is 10.2 Å². The van der Waals surface area contributed by atoms with Gasteiger partial charge in [0.2, 0.25) is 11.8 Å². The maximum atomic E-state index is 13.0. The first-order chi connectivity index (χ1) is 9.99. The number of piperidine rings is 1. The first kappa shape index (κ1) is 14.8. The Balaban J connectivity index is 1.73. The highest BCUT2D eigenvalue weighted by Gasteiger charge is 2.45. The van der Waals surface area contributed by atoms with E-state index >= 15 is 0 Å². The van der Waals surface area contributed by atoms with Crippen molar-refractivity contribution in [3.05, 3.63) is 0 Å². The van der Waals surface area contributed by atoms with Crippen LogP contribution in [0.25, 0.3) is 0 Å². The molecule has 6 unspecified atom stereocenters. The van der Waals surface area contributed by atoms with Crippen molar-refractivity contribution in [1.29, 1.82) is 0 Å². The molecule has 0 aromatic carbocycles. The molecule has 1 aliphatic carbocycles. The van der Waals surface area contributed by atoms with E-state index in [1.807, 2.05) is 4.90 Å². The first-order valence-corrected chi connectivity index (χ1v) is 8.32. The summed E-state index contributed by atoms with van der Waals surface area (Å²) in [4.78, 5) is 26.8. The highest BCUT2D eigenvalue weighted by Crippen LogP contribution is 2.36. The SMILES string of the molecule is CC1CC(C)C(C(=O)N2CCCC3C(=O)NCC32)CC1N. The molecule has 2 aliphatic heterocycles. The molecule has 3 N–H and O–H groups in total. The monoisotopic (exact) mass is 293 g/mol. The van der Waals surface area contributed by atoms with Gasteiger partial charge in [-0.15, -0.1) is 0 Å². The molecule has 6 atom stereocenters. The van der Waals surface area contributed by atoms with Gasteiger partial charge < -0.3 is 16.0 Å². The van der Waals surface area contributed by atoms with E-state index in [0.717, 1.165) is 32.2 Å². The van der Waals surface area contributed by atoms with Crippen LogP contribution in [0.5, 0.6) is 0 Å². The van der Waals surface area contributed by atoms with Gasteiger partial charge in [-0.05, 0) is 37.5 Å². The van der Waals surface area contributed by atoms with E-state index in [9.17, 15) is 9.59 Å². The zero-order chi connectivity index (χ0) is 15.1. The normalized spacial score (nSPS) is 43.4. The molecule has 118 valence electrons. The Bertz CT molecular complexity index is 439. The molecule has 0 aromatic heterocycles. The summed E-state index contributed by atoms with van der Waals surface area (Å²) in [5, 5.41) is 2.92. The summed E-state index contributed by atoms with van der Waals surface area (Å²) >= 11 is 0. The molecule has 2 amide bonds. The van der Waals surface area contributed by atoms with Crippen LogP contribution in [0.4, 0.5) is 0 Å². The van der Waals surface area contributed by atoms with Crippen molar-refractivity contribution in [2.75, 3.05) is 13.1 Å². The number of carbonyl (C=O) groups is 2. The summed E-state index contributed by atoms with van der Waals surface area (Å²) in [5.74, 6) is 1.28. The predicted molar refractivity (Wildman–Crippen MR) is 80.3 cm³/mol. The van der Waals surface area contributed by atoms with Crippen LogP contribution < -0.4 is 11.1 Å². The number of carbonyl (C=O) groups excluding carboxylic acids is 2. The highest BCUT2D eigenvalue weighted by atomic mass is 16.2. The Hall–Kier alpha value is -1.10. The minimum absolute atomic E-state index is 0.00851. The molecule has 0 bridgehead atoms. The number of amides is 2. The Labute approximate surface area is 126 Å². The smallest absolute Gasteiger partial charge is 0.226 e. The molecule has 0 aromatic rings. The Morgan fingerprint density at radius 3 is 2.81 bits per heavy atom. The summed E-state index contributed by atoms with van der Waals surface area (Å²) < 4.78 is 0. The molecule has 3 rings (SSSR count). The molecule has 3 aliphatic rings. The topological polar surface area (TPSA) is 75.4 Å². The van der Waals surface area contributed by atoms with E-state index in [1.165, 1.54) is 0 Å². The van der Waals surface area contributed by atoms with Crippen molar-refractivity contribution in [2.24, 2.45) is 29.4 Å². The minimum Gasteiger partial charge on any atom is -0.354 e. The molecule has 2 heterocycles. The molecule has 2 saturated heterocycles. The lowest BCUT2D eigenvalue weighted by Gasteiger charge is -2.42. The van der Waals surface area contributed by atoms with Crippen LogP contribution in [0, 0.1) is 23.7 Å². The van der Waals surface area contributed by atoms with Gasteiger partial charge in [0, 0.05) is 25.0 Å². The molecule has 5 nitrogen and oxygen atoms in total. The fraction of sp³-hybridized carbons (Fsp3) is 0.875. The van der Waals surface area contributed by atoms with Gasteiger partial charge in [-0.2, -0.15) is 0 Å². The number of likely N-dealkylation sites (tertiary alicyclic amines) is 1. The summed E-state index contributed by atoms with van der Waals surface area (Å²) in [7, 11) is 0. The lowest BCUT2D eigenvalue weighted by Crippen LogP contribution is -2.53. The van der Waals surface area contributed by atoms with E-state index in [-0.39, 0.29) is 35.7 Å². The maximum Gasteiger partial charge on any atom is 0.226 e. The van der Waals surface area contributed by atoms with Gasteiger partial charge in [-0.25, -0.2) is 0 Å². The van der Waals surface area contributed by atoms with Gasteiger partial charge >= 0.3 is 0 Å². The lowest BCUT2D eigenvalue weighted by molar-refractivity contribution is -0.144. The second-order valence-corrected chi connectivity index (χ2v) is 7.29. The number of hydrogen-bond donors (Lipinski definition) is 2. The number of hydrogen-bond acceptors (Lipinski definition) is 3. The van der Waals surface area contributed by atoms with Gasteiger partial charge in [0.05, 0.1) is 12.0 Å². The third kappa shape index (κ3) is 2.56. The van der Waals surface area contributed by atoms with E-state index in [1.54, 1.807) is 0 Å². The largest absolute Gasteiger partial charge is 0.354 e. The third-order valence-electron chi connectivity index (χ3n) is 5.89. The molecular weight excluding hydrogens is 266 g/mol. The van der Waals surface area contributed by atoms with Crippen LogP contribution in [0.1, 0.15) is 39.5 Å². The summed E-state index contributed by atoms with van der Waals surface area (Å²) in [6, 6.07) is 0.195. The Morgan fingerprint density at radius 2 is 2.05 bits per heavy atom. The van der Waals surface area contributed by atoms with Gasteiger partial charge in [-0.3, -0.25) is 9.59 Å². The average Bonchev–Trinajstić information content (AvgIpc) is 2.84. The van der Waals surface area contributed by atoms with Gasteiger partial charge in [0.15, 0.2) is 0 Å². The fourth-order valence-electron chi connectivity index (χ4n) is 4.47. The van der Waals surface area contributed by atoms with Crippen LogP contribution in [0.3, 0.4) is 0 Å². The number of nitrogens with two attached hydrogens (primary N) is 1. The van der Waals surface area contributed by atoms with Crippen LogP contribution >= 0.6 is 0 Å². The van der Waals surface area contributed by atoms with Crippen molar-refractivity contribution in [2.45, 2.75) is 51.6 Å². The second-order valence-electron chi connectivity index (χ2n) is 7.29. The van der Waals surface area contributed by atoms with E-state index in [4.69, 9.17) is 5.73 Å². The molecule has 21 heavy (non-hydrogen) atoms. The van der Waals surface area contributed by atoms with E-state index in [0.29, 0.717) is 18.4 Å². The molecule has 0 spiro atoms. The van der Waals surface area contributed by atoms with Crippen molar-refractivity contribution in [3.63, 3.8) is 0 Å². The summed E-state index contributed by atoms with van der Waals surface area (Å²) in [6.45, 7) is 5.77. The van der Waals surface area contributed by atoms with E-state index in [2.05, 4.69) is 19.2 Å². The van der Waals surface area contributed by atoms with Crippen LogP contribution in [0.15, 0.2) is 0 Å². The number of nitrogens with zero attached hydrogens (tertiary/aromatic N) is 1. The molecule has 5 heteroatoms. The summed E-state index contributed by atoms with van der Waals surface area (Å²) in [5.41, 5.74) is 6.19. The number of nitrogens with one attached hydrogen (secondary N) is 1. The van der Waals surface area contributed by atoms with Crippen molar-refractivity contribution in [3.8, 4) is 0 Å². The van der Waals surface area contributed by atoms with Crippen LogP contribution in [-0.2, 0) is 9.59 Å². The molecule has 1 saturated carbocycles. The Morgan fingerprint density at radius 1 is 1.29 bits per heavy atom. The van der Waals surface area contributed by atoms with Crippen molar-refractivity contribution < 1.29 is 9.59 Å². The zero-order valence-corrected chi connectivity index (χ0v) is 13.0. The predicted octanol–water partition coefficient (Wildman–Crippen LogP) is 0.733. The minimum atomic E-state index is 0.00851. The van der Waals surface area contributed by atoms with Crippen LogP contribution in [0.2, 0.25) is 0 Å². The van der Waals surface area contributed by atoms with Gasteiger partial charge in [0.1, 0.15) is 0 Å². The zero-order valence-electron chi connectivity index (χ0n) is 13.0. The second kappa shape index (κ2) is 5.59. The van der Waals surface area contributed by atoms with Gasteiger partial charge in [0.25, 0.3) is 0 Å². The quantitative estimate of drug-likeness (QED) is 0.748.